The SMILES string of the molecule is CCCCCNC(=O)[C@H](CC)N(c1ccc(C)cc1)S(C)(=O)=O. The molecule has 0 saturated carbocycles. The highest BCUT2D eigenvalue weighted by Gasteiger charge is 2.31. The van der Waals surface area contributed by atoms with Crippen molar-refractivity contribution in [2.75, 3.05) is 17.1 Å². The van der Waals surface area contributed by atoms with Crippen LogP contribution in [0.1, 0.15) is 45.1 Å². The molecule has 0 bridgehead atoms. The number of nitrogens with zero attached hydrogens (tertiary/aromatic N) is 1. The average Bonchev–Trinajstić information content (AvgIpc) is 2.49. The smallest absolute Gasteiger partial charge is 0.243 e. The minimum Gasteiger partial charge on any atom is -0.354 e. The maximum Gasteiger partial charge on any atom is 0.243 e. The maximum atomic E-state index is 12.4. The van der Waals surface area contributed by atoms with Crippen LogP contribution in [-0.4, -0.2) is 33.2 Å². The Morgan fingerprint density at radius 2 is 1.78 bits per heavy atom. The van der Waals surface area contributed by atoms with Crippen LogP contribution in [0.2, 0.25) is 0 Å². The standard InChI is InChI=1S/C17H28N2O3S/c1-5-7-8-13-18-17(20)16(6-2)19(23(4,21)22)15-11-9-14(3)10-12-15/h9-12,16H,5-8,13H2,1-4H3,(H,18,20)/t16-/m0/s1. The summed E-state index contributed by atoms with van der Waals surface area (Å²) in [6.07, 6.45) is 4.58. The van der Waals surface area contributed by atoms with E-state index >= 15 is 0 Å². The van der Waals surface area contributed by atoms with Crippen LogP contribution in [0, 0.1) is 6.92 Å². The van der Waals surface area contributed by atoms with E-state index in [2.05, 4.69) is 12.2 Å². The number of sulfonamides is 1. The Balaban J connectivity index is 2.99. The summed E-state index contributed by atoms with van der Waals surface area (Å²) >= 11 is 0. The summed E-state index contributed by atoms with van der Waals surface area (Å²) < 4.78 is 25.7. The van der Waals surface area contributed by atoms with Gasteiger partial charge < -0.3 is 5.32 Å². The molecule has 1 amide bonds. The van der Waals surface area contributed by atoms with Gasteiger partial charge in [-0.3, -0.25) is 9.10 Å². The first-order valence-electron chi connectivity index (χ1n) is 8.15. The molecule has 1 N–H and O–H groups in total. The zero-order valence-electron chi connectivity index (χ0n) is 14.5. The van der Waals surface area contributed by atoms with Crippen LogP contribution in [-0.2, 0) is 14.8 Å². The first-order chi connectivity index (χ1) is 10.8. The van der Waals surface area contributed by atoms with Crippen molar-refractivity contribution in [3.63, 3.8) is 0 Å². The van der Waals surface area contributed by atoms with Gasteiger partial charge in [0.05, 0.1) is 11.9 Å². The van der Waals surface area contributed by atoms with Crippen molar-refractivity contribution in [1.29, 1.82) is 0 Å². The first kappa shape index (κ1) is 19.5. The molecular formula is C17H28N2O3S. The lowest BCUT2D eigenvalue weighted by molar-refractivity contribution is -0.122. The second kappa shape index (κ2) is 8.91. The molecule has 0 aliphatic heterocycles. The van der Waals surface area contributed by atoms with Crippen molar-refractivity contribution in [3.8, 4) is 0 Å². The van der Waals surface area contributed by atoms with E-state index in [0.29, 0.717) is 18.7 Å². The molecule has 0 unspecified atom stereocenters. The molecule has 0 aromatic heterocycles. The second-order valence-electron chi connectivity index (χ2n) is 5.82. The Hall–Kier alpha value is -1.56. The van der Waals surface area contributed by atoms with Gasteiger partial charge in [0.15, 0.2) is 0 Å². The third-order valence-electron chi connectivity index (χ3n) is 3.70. The number of hydrogen-bond acceptors (Lipinski definition) is 3. The maximum absolute atomic E-state index is 12.4. The van der Waals surface area contributed by atoms with Crippen LogP contribution < -0.4 is 9.62 Å². The number of rotatable bonds is 9. The highest BCUT2D eigenvalue weighted by molar-refractivity contribution is 7.92. The van der Waals surface area contributed by atoms with Crippen molar-refractivity contribution in [2.24, 2.45) is 0 Å². The highest BCUT2D eigenvalue weighted by atomic mass is 32.2. The van der Waals surface area contributed by atoms with Crippen molar-refractivity contribution in [3.05, 3.63) is 29.8 Å². The molecule has 0 radical (unpaired) electrons. The van der Waals surface area contributed by atoms with Crippen LogP contribution in [0.5, 0.6) is 0 Å². The Labute approximate surface area is 140 Å². The Kier molecular flexibility index (Phi) is 7.55. The van der Waals surface area contributed by atoms with E-state index in [1.165, 1.54) is 4.31 Å². The van der Waals surface area contributed by atoms with Gasteiger partial charge in [-0.2, -0.15) is 0 Å². The molecule has 1 aromatic rings. The van der Waals surface area contributed by atoms with Gasteiger partial charge in [0.2, 0.25) is 15.9 Å². The summed E-state index contributed by atoms with van der Waals surface area (Å²) in [7, 11) is -3.55. The van der Waals surface area contributed by atoms with Gasteiger partial charge in [-0.05, 0) is 31.9 Å². The van der Waals surface area contributed by atoms with Gasteiger partial charge in [-0.25, -0.2) is 8.42 Å². The Bertz CT molecular complexity index is 597. The fourth-order valence-corrected chi connectivity index (χ4v) is 3.67. The van der Waals surface area contributed by atoms with Crippen LogP contribution in [0.15, 0.2) is 24.3 Å². The van der Waals surface area contributed by atoms with Gasteiger partial charge in [-0.1, -0.05) is 44.4 Å². The van der Waals surface area contributed by atoms with Crippen molar-refractivity contribution >= 4 is 21.6 Å². The molecule has 1 atom stereocenters. The number of unbranched alkanes of at least 4 members (excludes halogenated alkanes) is 2. The van der Waals surface area contributed by atoms with Gasteiger partial charge in [-0.15, -0.1) is 0 Å². The number of amides is 1. The van der Waals surface area contributed by atoms with E-state index in [1.807, 2.05) is 26.0 Å². The molecule has 0 heterocycles. The van der Waals surface area contributed by atoms with Crippen molar-refractivity contribution in [1.82, 2.24) is 5.32 Å². The molecule has 0 spiro atoms. The fourth-order valence-electron chi connectivity index (χ4n) is 2.46. The highest BCUT2D eigenvalue weighted by Crippen LogP contribution is 2.22. The number of hydrogen-bond donors (Lipinski definition) is 1. The average molecular weight is 340 g/mol. The molecule has 6 heteroatoms. The van der Waals surface area contributed by atoms with E-state index in [1.54, 1.807) is 12.1 Å². The topological polar surface area (TPSA) is 66.5 Å². The number of aryl methyl sites for hydroxylation is 1. The number of carbonyl (C=O) groups excluding carboxylic acids is 1. The molecule has 5 nitrogen and oxygen atoms in total. The van der Waals surface area contributed by atoms with Crippen LogP contribution >= 0.6 is 0 Å². The molecule has 0 fully saturated rings. The molecule has 0 aliphatic carbocycles. The van der Waals surface area contributed by atoms with E-state index < -0.39 is 16.1 Å². The lowest BCUT2D eigenvalue weighted by atomic mass is 10.1. The number of nitrogens with one attached hydrogen (secondary N) is 1. The summed E-state index contributed by atoms with van der Waals surface area (Å²) in [6.45, 7) is 6.43. The largest absolute Gasteiger partial charge is 0.354 e. The van der Waals surface area contributed by atoms with E-state index in [4.69, 9.17) is 0 Å². The van der Waals surface area contributed by atoms with Crippen LogP contribution in [0.3, 0.4) is 0 Å². The van der Waals surface area contributed by atoms with Gasteiger partial charge in [0.25, 0.3) is 0 Å². The Morgan fingerprint density at radius 1 is 1.17 bits per heavy atom. The van der Waals surface area contributed by atoms with Gasteiger partial charge in [0, 0.05) is 6.54 Å². The summed E-state index contributed by atoms with van der Waals surface area (Å²) in [4.78, 5) is 12.4. The summed E-state index contributed by atoms with van der Waals surface area (Å²) in [5, 5.41) is 2.86. The lowest BCUT2D eigenvalue weighted by Gasteiger charge is -2.30. The lowest BCUT2D eigenvalue weighted by Crippen LogP contribution is -2.49. The van der Waals surface area contributed by atoms with Crippen molar-refractivity contribution in [2.45, 2.75) is 52.5 Å². The molecule has 1 aromatic carbocycles. The van der Waals surface area contributed by atoms with Gasteiger partial charge >= 0.3 is 0 Å². The first-order valence-corrected chi connectivity index (χ1v) is 9.99. The summed E-state index contributed by atoms with van der Waals surface area (Å²) in [5.74, 6) is -0.241. The van der Waals surface area contributed by atoms with Crippen LogP contribution in [0.4, 0.5) is 5.69 Å². The van der Waals surface area contributed by atoms with E-state index in [-0.39, 0.29) is 5.91 Å². The predicted molar refractivity (Wildman–Crippen MR) is 95.1 cm³/mol. The molecule has 130 valence electrons. The zero-order chi connectivity index (χ0) is 17.5. The third-order valence-corrected chi connectivity index (χ3v) is 4.88. The second-order valence-corrected chi connectivity index (χ2v) is 7.68. The summed E-state index contributed by atoms with van der Waals surface area (Å²) in [6, 6.07) is 6.44. The normalized spacial score (nSPS) is 12.7. The summed E-state index contributed by atoms with van der Waals surface area (Å²) in [5.41, 5.74) is 1.56. The Morgan fingerprint density at radius 3 is 2.26 bits per heavy atom. The quantitative estimate of drug-likeness (QED) is 0.703. The predicted octanol–water partition coefficient (Wildman–Crippen LogP) is 2.85. The molecule has 0 aliphatic rings. The molecule has 1 rings (SSSR count). The number of carbonyl (C=O) groups is 1. The number of benzene rings is 1. The minimum absolute atomic E-state index is 0.241. The molecular weight excluding hydrogens is 312 g/mol. The van der Waals surface area contributed by atoms with E-state index in [9.17, 15) is 13.2 Å². The molecule has 0 saturated heterocycles. The molecule has 23 heavy (non-hydrogen) atoms. The van der Waals surface area contributed by atoms with E-state index in [0.717, 1.165) is 31.1 Å². The third kappa shape index (κ3) is 5.86. The minimum atomic E-state index is -3.55. The van der Waals surface area contributed by atoms with Gasteiger partial charge in [0.1, 0.15) is 6.04 Å². The van der Waals surface area contributed by atoms with Crippen LogP contribution in [0.25, 0.3) is 0 Å². The zero-order valence-corrected chi connectivity index (χ0v) is 15.3. The van der Waals surface area contributed by atoms with Crippen molar-refractivity contribution < 1.29 is 13.2 Å². The number of anilines is 1. The monoisotopic (exact) mass is 340 g/mol. The fraction of sp³-hybridized carbons (Fsp3) is 0.588.